The average molecular weight is 305 g/mol. The summed E-state index contributed by atoms with van der Waals surface area (Å²) in [5.74, 6) is -0.00662. The maximum Gasteiger partial charge on any atom is 0.262 e. The molecule has 0 aliphatic heterocycles. The Morgan fingerprint density at radius 3 is 2.76 bits per heavy atom. The zero-order chi connectivity index (χ0) is 15.0. The number of aromatic nitrogens is 2. The van der Waals surface area contributed by atoms with Gasteiger partial charge in [0.05, 0.1) is 10.6 Å². The van der Waals surface area contributed by atoms with E-state index in [9.17, 15) is 9.50 Å². The van der Waals surface area contributed by atoms with E-state index in [2.05, 4.69) is 10.1 Å². The third kappa shape index (κ3) is 2.60. The third-order valence-electron chi connectivity index (χ3n) is 2.99. The average Bonchev–Trinajstić information content (AvgIpc) is 2.94. The second-order valence-corrected chi connectivity index (χ2v) is 4.98. The van der Waals surface area contributed by atoms with Crippen LogP contribution in [0.3, 0.4) is 0 Å². The molecule has 0 saturated carbocycles. The lowest BCUT2D eigenvalue weighted by molar-refractivity contribution is 0.425. The van der Waals surface area contributed by atoms with Crippen molar-refractivity contribution >= 4 is 11.6 Å². The molecular formula is C15H10ClFN2O2. The van der Waals surface area contributed by atoms with Crippen LogP contribution in [0.1, 0.15) is 5.56 Å². The third-order valence-corrected chi connectivity index (χ3v) is 3.28. The van der Waals surface area contributed by atoms with E-state index in [-0.39, 0.29) is 22.5 Å². The molecule has 6 heteroatoms. The largest absolute Gasteiger partial charge is 0.507 e. The number of halogens is 2. The summed E-state index contributed by atoms with van der Waals surface area (Å²) in [6.45, 7) is 1.89. The fourth-order valence-electron chi connectivity index (χ4n) is 1.91. The Hall–Kier alpha value is -2.40. The van der Waals surface area contributed by atoms with Gasteiger partial charge >= 0.3 is 0 Å². The first kappa shape index (κ1) is 13.6. The van der Waals surface area contributed by atoms with Gasteiger partial charge in [0, 0.05) is 5.56 Å². The maximum absolute atomic E-state index is 13.2. The van der Waals surface area contributed by atoms with E-state index in [1.807, 2.05) is 6.92 Å². The second-order valence-electron chi connectivity index (χ2n) is 4.57. The van der Waals surface area contributed by atoms with E-state index < -0.39 is 5.82 Å². The summed E-state index contributed by atoms with van der Waals surface area (Å²) in [5.41, 5.74) is 1.93. The van der Waals surface area contributed by atoms with Crippen molar-refractivity contribution in [3.63, 3.8) is 0 Å². The zero-order valence-electron chi connectivity index (χ0n) is 11.0. The van der Waals surface area contributed by atoms with E-state index in [1.165, 1.54) is 18.2 Å². The predicted molar refractivity (Wildman–Crippen MR) is 76.5 cm³/mol. The van der Waals surface area contributed by atoms with Crippen LogP contribution in [0.5, 0.6) is 5.75 Å². The first-order chi connectivity index (χ1) is 10.0. The number of aryl methyl sites for hydroxylation is 1. The van der Waals surface area contributed by atoms with Gasteiger partial charge in [0.25, 0.3) is 5.89 Å². The highest BCUT2D eigenvalue weighted by Crippen LogP contribution is 2.30. The number of aromatic hydroxyl groups is 1. The smallest absolute Gasteiger partial charge is 0.262 e. The molecule has 1 aromatic heterocycles. The summed E-state index contributed by atoms with van der Waals surface area (Å²) in [5, 5.41) is 13.7. The summed E-state index contributed by atoms with van der Waals surface area (Å²) >= 11 is 5.73. The van der Waals surface area contributed by atoms with Gasteiger partial charge < -0.3 is 9.63 Å². The van der Waals surface area contributed by atoms with Crippen LogP contribution in [0, 0.1) is 12.7 Å². The number of rotatable bonds is 2. The number of nitrogens with zero attached hydrogens (tertiary/aromatic N) is 2. The molecule has 0 fully saturated rings. The van der Waals surface area contributed by atoms with E-state index in [0.29, 0.717) is 11.1 Å². The van der Waals surface area contributed by atoms with E-state index in [0.717, 1.165) is 5.56 Å². The molecular weight excluding hydrogens is 295 g/mol. The molecule has 3 rings (SSSR count). The maximum atomic E-state index is 13.2. The number of benzene rings is 2. The van der Waals surface area contributed by atoms with Crippen molar-refractivity contribution in [2.45, 2.75) is 6.92 Å². The van der Waals surface area contributed by atoms with Crippen molar-refractivity contribution in [2.75, 3.05) is 0 Å². The first-order valence-electron chi connectivity index (χ1n) is 6.14. The van der Waals surface area contributed by atoms with Gasteiger partial charge in [-0.05, 0) is 37.3 Å². The molecule has 21 heavy (non-hydrogen) atoms. The molecule has 0 bridgehead atoms. The topological polar surface area (TPSA) is 59.2 Å². The molecule has 1 N–H and O–H groups in total. The Kier molecular flexibility index (Phi) is 3.35. The van der Waals surface area contributed by atoms with E-state index >= 15 is 0 Å². The first-order valence-corrected chi connectivity index (χ1v) is 6.51. The Balaban J connectivity index is 2.03. The fraction of sp³-hybridized carbons (Fsp3) is 0.0667. The van der Waals surface area contributed by atoms with E-state index in [1.54, 1.807) is 18.2 Å². The van der Waals surface area contributed by atoms with E-state index in [4.69, 9.17) is 16.1 Å². The molecule has 0 unspecified atom stereocenters. The minimum absolute atomic E-state index is 0.0164. The van der Waals surface area contributed by atoms with Crippen LogP contribution in [0.4, 0.5) is 4.39 Å². The highest BCUT2D eigenvalue weighted by molar-refractivity contribution is 6.31. The van der Waals surface area contributed by atoms with Gasteiger partial charge in [-0.15, -0.1) is 0 Å². The van der Waals surface area contributed by atoms with Crippen molar-refractivity contribution in [3.8, 4) is 28.6 Å². The minimum atomic E-state index is -0.513. The van der Waals surface area contributed by atoms with Crippen molar-refractivity contribution < 1.29 is 14.0 Å². The van der Waals surface area contributed by atoms with Crippen molar-refractivity contribution in [2.24, 2.45) is 0 Å². The summed E-state index contributed by atoms with van der Waals surface area (Å²) in [6.07, 6.45) is 0. The summed E-state index contributed by atoms with van der Waals surface area (Å²) < 4.78 is 18.3. The predicted octanol–water partition coefficient (Wildman–Crippen LogP) is 4.21. The molecule has 0 amide bonds. The molecule has 4 nitrogen and oxygen atoms in total. The minimum Gasteiger partial charge on any atom is -0.507 e. The molecule has 0 atom stereocenters. The molecule has 0 spiro atoms. The molecule has 0 radical (unpaired) electrons. The van der Waals surface area contributed by atoms with Crippen LogP contribution in [-0.4, -0.2) is 15.2 Å². The van der Waals surface area contributed by atoms with Crippen LogP contribution in [-0.2, 0) is 0 Å². The Labute approximate surface area is 124 Å². The van der Waals surface area contributed by atoms with Crippen LogP contribution >= 0.6 is 11.6 Å². The van der Waals surface area contributed by atoms with Crippen molar-refractivity contribution in [1.29, 1.82) is 0 Å². The summed E-state index contributed by atoms with van der Waals surface area (Å²) in [7, 11) is 0. The van der Waals surface area contributed by atoms with Crippen LogP contribution in [0.15, 0.2) is 40.9 Å². The SMILES string of the molecule is Cc1ccc(O)c(-c2nc(-c3ccc(F)c(Cl)c3)no2)c1. The molecule has 2 aromatic carbocycles. The summed E-state index contributed by atoms with van der Waals surface area (Å²) in [6, 6.07) is 9.23. The molecule has 1 heterocycles. The van der Waals surface area contributed by atoms with Crippen LogP contribution in [0.2, 0.25) is 5.02 Å². The quantitative estimate of drug-likeness (QED) is 0.770. The van der Waals surface area contributed by atoms with Gasteiger partial charge in [-0.1, -0.05) is 28.4 Å². The highest BCUT2D eigenvalue weighted by atomic mass is 35.5. The molecule has 106 valence electrons. The van der Waals surface area contributed by atoms with Crippen molar-refractivity contribution in [1.82, 2.24) is 10.1 Å². The van der Waals surface area contributed by atoms with Crippen LogP contribution < -0.4 is 0 Å². The molecule has 0 aliphatic carbocycles. The highest BCUT2D eigenvalue weighted by Gasteiger charge is 2.15. The lowest BCUT2D eigenvalue weighted by Crippen LogP contribution is -1.84. The normalized spacial score (nSPS) is 10.8. The van der Waals surface area contributed by atoms with Gasteiger partial charge in [-0.25, -0.2) is 4.39 Å². The lowest BCUT2D eigenvalue weighted by atomic mass is 10.1. The lowest BCUT2D eigenvalue weighted by Gasteiger charge is -2.00. The van der Waals surface area contributed by atoms with Crippen LogP contribution in [0.25, 0.3) is 22.8 Å². The summed E-state index contributed by atoms with van der Waals surface area (Å²) in [4.78, 5) is 4.20. The zero-order valence-corrected chi connectivity index (χ0v) is 11.7. The molecule has 0 aliphatic rings. The van der Waals surface area contributed by atoms with Gasteiger partial charge in [0.15, 0.2) is 0 Å². The Morgan fingerprint density at radius 2 is 2.00 bits per heavy atom. The van der Waals surface area contributed by atoms with Gasteiger partial charge in [-0.2, -0.15) is 4.98 Å². The van der Waals surface area contributed by atoms with Crippen molar-refractivity contribution in [3.05, 3.63) is 52.8 Å². The van der Waals surface area contributed by atoms with Gasteiger partial charge in [0.1, 0.15) is 11.6 Å². The number of hydrogen-bond acceptors (Lipinski definition) is 4. The molecule has 3 aromatic rings. The fourth-order valence-corrected chi connectivity index (χ4v) is 2.09. The Morgan fingerprint density at radius 1 is 1.19 bits per heavy atom. The number of phenolic OH excluding ortho intramolecular Hbond substituents is 1. The van der Waals surface area contributed by atoms with Gasteiger partial charge in [0.2, 0.25) is 5.82 Å². The second kappa shape index (κ2) is 5.18. The Bertz CT molecular complexity index is 817. The number of hydrogen-bond donors (Lipinski definition) is 1. The van der Waals surface area contributed by atoms with Gasteiger partial charge in [-0.3, -0.25) is 0 Å². The standard InChI is InChI=1S/C15H10ClFN2O2/c1-8-2-5-13(20)10(6-8)15-18-14(19-21-15)9-3-4-12(17)11(16)7-9/h2-7,20H,1H3. The number of phenols is 1. The monoisotopic (exact) mass is 304 g/mol. The molecule has 0 saturated heterocycles.